The van der Waals surface area contributed by atoms with Gasteiger partial charge in [-0.2, -0.15) is 0 Å². The van der Waals surface area contributed by atoms with Gasteiger partial charge in [0.25, 0.3) is 5.91 Å². The molecule has 5 nitrogen and oxygen atoms in total. The quantitative estimate of drug-likeness (QED) is 0.609. The Morgan fingerprint density at radius 2 is 1.62 bits per heavy atom. The van der Waals surface area contributed by atoms with Gasteiger partial charge in [0, 0.05) is 56.5 Å². The van der Waals surface area contributed by atoms with Gasteiger partial charge in [-0.25, -0.2) is 4.39 Å². The number of aromatic nitrogens is 1. The number of hydrogen-bond donors (Lipinski definition) is 0. The smallest absolute Gasteiger partial charge is 0.257 e. The van der Waals surface area contributed by atoms with Gasteiger partial charge in [-0.05, 0) is 56.5 Å². The first-order chi connectivity index (χ1) is 15.5. The van der Waals surface area contributed by atoms with Crippen LogP contribution in [0.5, 0.6) is 0 Å². The maximum absolute atomic E-state index is 14.2. The summed E-state index contributed by atoms with van der Waals surface area (Å²) in [6.45, 7) is 9.05. The minimum absolute atomic E-state index is 0.00738. The number of rotatable bonds is 3. The Morgan fingerprint density at radius 1 is 0.906 bits per heavy atom. The predicted octanol–water partition coefficient (Wildman–Crippen LogP) is 4.55. The van der Waals surface area contributed by atoms with Gasteiger partial charge in [0.1, 0.15) is 5.82 Å². The SMILES string of the molecule is Cc1ccc(N2CCN(c3c(C(=O)N4CCCC4)cnc4ccc(F)cc34)CC2)c(C)c1. The largest absolute Gasteiger partial charge is 0.368 e. The number of nitrogens with zero attached hydrogens (tertiary/aromatic N) is 4. The number of carbonyl (C=O) groups is 1. The molecule has 2 aromatic carbocycles. The molecule has 3 heterocycles. The Labute approximate surface area is 188 Å². The van der Waals surface area contributed by atoms with Gasteiger partial charge in [0.2, 0.25) is 0 Å². The Morgan fingerprint density at radius 3 is 2.34 bits per heavy atom. The van der Waals surface area contributed by atoms with Crippen molar-refractivity contribution in [3.05, 3.63) is 65.1 Å². The Kier molecular flexibility index (Phi) is 5.45. The molecule has 166 valence electrons. The first-order valence-corrected chi connectivity index (χ1v) is 11.5. The van der Waals surface area contributed by atoms with Crippen LogP contribution in [-0.2, 0) is 0 Å². The van der Waals surface area contributed by atoms with E-state index in [1.807, 2.05) is 4.90 Å². The zero-order valence-electron chi connectivity index (χ0n) is 18.8. The van der Waals surface area contributed by atoms with Crippen molar-refractivity contribution < 1.29 is 9.18 Å². The number of aryl methyl sites for hydroxylation is 2. The average Bonchev–Trinajstić information content (AvgIpc) is 3.33. The van der Waals surface area contributed by atoms with Crippen molar-refractivity contribution in [3.63, 3.8) is 0 Å². The van der Waals surface area contributed by atoms with Crippen molar-refractivity contribution in [2.24, 2.45) is 0 Å². The summed E-state index contributed by atoms with van der Waals surface area (Å²) < 4.78 is 14.2. The van der Waals surface area contributed by atoms with Gasteiger partial charge in [-0.3, -0.25) is 9.78 Å². The minimum atomic E-state index is -0.305. The lowest BCUT2D eigenvalue weighted by molar-refractivity contribution is 0.0793. The van der Waals surface area contributed by atoms with E-state index in [1.165, 1.54) is 28.9 Å². The second-order valence-electron chi connectivity index (χ2n) is 8.95. The number of hydrogen-bond acceptors (Lipinski definition) is 4. The second kappa shape index (κ2) is 8.41. The molecule has 32 heavy (non-hydrogen) atoms. The average molecular weight is 433 g/mol. The summed E-state index contributed by atoms with van der Waals surface area (Å²) >= 11 is 0. The lowest BCUT2D eigenvalue weighted by atomic mass is 10.0. The molecule has 5 rings (SSSR count). The van der Waals surface area contributed by atoms with Gasteiger partial charge < -0.3 is 14.7 Å². The fourth-order valence-electron chi connectivity index (χ4n) is 5.07. The molecule has 1 aromatic heterocycles. The highest BCUT2D eigenvalue weighted by atomic mass is 19.1. The van der Waals surface area contributed by atoms with Crippen LogP contribution >= 0.6 is 0 Å². The molecule has 2 saturated heterocycles. The van der Waals surface area contributed by atoms with Crippen molar-refractivity contribution >= 4 is 28.2 Å². The Hall–Kier alpha value is -3.15. The van der Waals surface area contributed by atoms with E-state index in [0.717, 1.165) is 68.7 Å². The van der Waals surface area contributed by atoms with E-state index < -0.39 is 0 Å². The third-order valence-electron chi connectivity index (χ3n) is 6.71. The molecule has 0 spiro atoms. The van der Waals surface area contributed by atoms with Crippen LogP contribution in [0.25, 0.3) is 10.9 Å². The van der Waals surface area contributed by atoms with E-state index >= 15 is 0 Å². The van der Waals surface area contributed by atoms with Gasteiger partial charge in [-0.1, -0.05) is 17.7 Å². The second-order valence-corrected chi connectivity index (χ2v) is 8.95. The third-order valence-corrected chi connectivity index (χ3v) is 6.71. The highest BCUT2D eigenvalue weighted by Gasteiger charge is 2.28. The first kappa shape index (κ1) is 20.7. The molecule has 3 aromatic rings. The molecule has 2 aliphatic rings. The molecule has 0 atom stereocenters. The Balaban J connectivity index is 1.49. The molecule has 6 heteroatoms. The maximum atomic E-state index is 14.2. The number of piperazine rings is 1. The maximum Gasteiger partial charge on any atom is 0.257 e. The Bertz CT molecular complexity index is 1160. The molecule has 1 amide bonds. The van der Waals surface area contributed by atoms with Crippen molar-refractivity contribution in [1.82, 2.24) is 9.88 Å². The first-order valence-electron chi connectivity index (χ1n) is 11.5. The van der Waals surface area contributed by atoms with Crippen LogP contribution in [0.3, 0.4) is 0 Å². The van der Waals surface area contributed by atoms with E-state index in [9.17, 15) is 9.18 Å². The summed E-state index contributed by atoms with van der Waals surface area (Å²) in [5.74, 6) is -0.298. The summed E-state index contributed by atoms with van der Waals surface area (Å²) in [5, 5.41) is 0.718. The van der Waals surface area contributed by atoms with Crippen LogP contribution in [0, 0.1) is 19.7 Å². The van der Waals surface area contributed by atoms with E-state index in [2.05, 4.69) is 46.8 Å². The van der Waals surface area contributed by atoms with Crippen LogP contribution in [0.1, 0.15) is 34.3 Å². The van der Waals surface area contributed by atoms with E-state index in [-0.39, 0.29) is 11.7 Å². The third kappa shape index (κ3) is 3.78. The summed E-state index contributed by atoms with van der Waals surface area (Å²) in [5.41, 5.74) is 5.93. The molecule has 0 bridgehead atoms. The molecular formula is C26H29FN4O. The lowest BCUT2D eigenvalue weighted by Crippen LogP contribution is -2.47. The summed E-state index contributed by atoms with van der Waals surface area (Å²) in [6, 6.07) is 11.2. The predicted molar refractivity (Wildman–Crippen MR) is 127 cm³/mol. The topological polar surface area (TPSA) is 39.7 Å². The summed E-state index contributed by atoms with van der Waals surface area (Å²) in [4.78, 5) is 24.4. The fraction of sp³-hybridized carbons (Fsp3) is 0.385. The van der Waals surface area contributed by atoms with Crippen LogP contribution in [0.4, 0.5) is 15.8 Å². The van der Waals surface area contributed by atoms with Gasteiger partial charge in [-0.15, -0.1) is 0 Å². The lowest BCUT2D eigenvalue weighted by Gasteiger charge is -2.39. The number of benzene rings is 2. The number of anilines is 2. The number of fused-ring (bicyclic) bond motifs is 1. The van der Waals surface area contributed by atoms with E-state index in [0.29, 0.717) is 5.56 Å². The van der Waals surface area contributed by atoms with Gasteiger partial charge >= 0.3 is 0 Å². The number of carbonyl (C=O) groups excluding carboxylic acids is 1. The molecule has 0 N–H and O–H groups in total. The zero-order valence-corrected chi connectivity index (χ0v) is 18.8. The van der Waals surface area contributed by atoms with Crippen LogP contribution in [0.2, 0.25) is 0 Å². The van der Waals surface area contributed by atoms with E-state index in [4.69, 9.17) is 0 Å². The summed E-state index contributed by atoms with van der Waals surface area (Å²) in [7, 11) is 0. The monoisotopic (exact) mass is 432 g/mol. The standard InChI is InChI=1S/C26H29FN4O/c1-18-5-8-24(19(2)15-18)29-11-13-30(14-12-29)25-21-16-20(27)6-7-23(21)28-17-22(25)26(32)31-9-3-4-10-31/h5-8,15-17H,3-4,9-14H2,1-2H3. The fourth-order valence-corrected chi connectivity index (χ4v) is 5.07. The molecule has 0 unspecified atom stereocenters. The van der Waals surface area contributed by atoms with Crippen molar-refractivity contribution in [1.29, 1.82) is 0 Å². The van der Waals surface area contributed by atoms with Gasteiger partial charge in [0.15, 0.2) is 0 Å². The molecule has 2 fully saturated rings. The van der Waals surface area contributed by atoms with Crippen molar-refractivity contribution in [2.75, 3.05) is 49.1 Å². The number of amides is 1. The zero-order chi connectivity index (χ0) is 22.2. The van der Waals surface area contributed by atoms with Crippen LogP contribution in [-0.4, -0.2) is 55.1 Å². The van der Waals surface area contributed by atoms with Crippen LogP contribution < -0.4 is 9.80 Å². The molecule has 0 aliphatic carbocycles. The van der Waals surface area contributed by atoms with Crippen molar-refractivity contribution in [2.45, 2.75) is 26.7 Å². The molecule has 0 saturated carbocycles. The summed E-state index contributed by atoms with van der Waals surface area (Å²) in [6.07, 6.45) is 3.75. The van der Waals surface area contributed by atoms with Crippen LogP contribution in [0.15, 0.2) is 42.6 Å². The number of halogens is 1. The molecule has 0 radical (unpaired) electrons. The normalized spacial score (nSPS) is 16.8. The molecule has 2 aliphatic heterocycles. The van der Waals surface area contributed by atoms with Gasteiger partial charge in [0.05, 0.1) is 16.8 Å². The number of pyridine rings is 1. The van der Waals surface area contributed by atoms with E-state index in [1.54, 1.807) is 12.3 Å². The molecular weight excluding hydrogens is 403 g/mol. The minimum Gasteiger partial charge on any atom is -0.368 e. The highest BCUT2D eigenvalue weighted by Crippen LogP contribution is 2.33. The highest BCUT2D eigenvalue weighted by molar-refractivity contribution is 6.07. The van der Waals surface area contributed by atoms with Crippen molar-refractivity contribution in [3.8, 4) is 0 Å². The number of likely N-dealkylation sites (tertiary alicyclic amines) is 1.